The van der Waals surface area contributed by atoms with Crippen LogP contribution in [-0.4, -0.2) is 29.7 Å². The molecule has 0 amide bonds. The van der Waals surface area contributed by atoms with E-state index in [1.165, 1.54) is 12.0 Å². The Kier molecular flexibility index (Phi) is 3.30. The molecule has 1 fully saturated rings. The SMILES string of the molecule is Cc1noc(C)c1C(C)N1CCC(CN)C1. The number of aromatic nitrogens is 1. The standard InChI is InChI=1S/C12H21N3O/c1-8-12(10(3)16-14-8)9(2)15-5-4-11(6-13)7-15/h9,11H,4-7,13H2,1-3H3. The van der Waals surface area contributed by atoms with Crippen LogP contribution in [0.25, 0.3) is 0 Å². The van der Waals surface area contributed by atoms with E-state index < -0.39 is 0 Å². The van der Waals surface area contributed by atoms with E-state index >= 15 is 0 Å². The summed E-state index contributed by atoms with van der Waals surface area (Å²) in [4.78, 5) is 2.48. The molecule has 1 aliphatic rings. The van der Waals surface area contributed by atoms with Crippen LogP contribution in [0.2, 0.25) is 0 Å². The maximum atomic E-state index is 5.72. The monoisotopic (exact) mass is 223 g/mol. The van der Waals surface area contributed by atoms with Gasteiger partial charge in [-0.15, -0.1) is 0 Å². The van der Waals surface area contributed by atoms with Gasteiger partial charge in [-0.3, -0.25) is 4.90 Å². The van der Waals surface area contributed by atoms with Crippen molar-refractivity contribution in [2.75, 3.05) is 19.6 Å². The van der Waals surface area contributed by atoms with Crippen LogP contribution in [0.3, 0.4) is 0 Å². The second-order valence-corrected chi connectivity index (χ2v) is 4.80. The zero-order chi connectivity index (χ0) is 11.7. The minimum Gasteiger partial charge on any atom is -0.361 e. The van der Waals surface area contributed by atoms with E-state index in [1.807, 2.05) is 13.8 Å². The molecule has 0 saturated carbocycles. The summed E-state index contributed by atoms with van der Waals surface area (Å²) in [6.45, 7) is 9.26. The summed E-state index contributed by atoms with van der Waals surface area (Å²) < 4.78 is 5.23. The summed E-state index contributed by atoms with van der Waals surface area (Å²) in [6, 6.07) is 0.391. The number of aryl methyl sites for hydroxylation is 2. The quantitative estimate of drug-likeness (QED) is 0.846. The van der Waals surface area contributed by atoms with Crippen molar-refractivity contribution in [3.63, 3.8) is 0 Å². The molecule has 2 atom stereocenters. The largest absolute Gasteiger partial charge is 0.361 e. The molecule has 0 spiro atoms. The molecule has 2 heterocycles. The molecule has 0 aliphatic carbocycles. The topological polar surface area (TPSA) is 55.3 Å². The Morgan fingerprint density at radius 2 is 2.31 bits per heavy atom. The van der Waals surface area contributed by atoms with Crippen LogP contribution in [0.15, 0.2) is 4.52 Å². The molecule has 2 unspecified atom stereocenters. The van der Waals surface area contributed by atoms with Crippen molar-refractivity contribution in [2.24, 2.45) is 11.7 Å². The Bertz CT molecular complexity index is 342. The highest BCUT2D eigenvalue weighted by Gasteiger charge is 2.28. The molecule has 0 bridgehead atoms. The number of nitrogens with zero attached hydrogens (tertiary/aromatic N) is 2. The normalized spacial score (nSPS) is 23.9. The van der Waals surface area contributed by atoms with Gasteiger partial charge in [0.2, 0.25) is 0 Å². The Hall–Kier alpha value is -0.870. The van der Waals surface area contributed by atoms with Crippen molar-refractivity contribution in [1.29, 1.82) is 0 Å². The summed E-state index contributed by atoms with van der Waals surface area (Å²) in [7, 11) is 0. The molecule has 1 saturated heterocycles. The van der Waals surface area contributed by atoms with Gasteiger partial charge >= 0.3 is 0 Å². The van der Waals surface area contributed by atoms with Crippen LogP contribution in [0, 0.1) is 19.8 Å². The first kappa shape index (κ1) is 11.6. The van der Waals surface area contributed by atoms with E-state index in [-0.39, 0.29) is 0 Å². The predicted octanol–water partition coefficient (Wildman–Crippen LogP) is 1.63. The summed E-state index contributed by atoms with van der Waals surface area (Å²) in [5.41, 5.74) is 7.98. The van der Waals surface area contributed by atoms with Gasteiger partial charge < -0.3 is 10.3 Å². The lowest BCUT2D eigenvalue weighted by atomic mass is 10.1. The Morgan fingerprint density at radius 1 is 1.56 bits per heavy atom. The smallest absolute Gasteiger partial charge is 0.138 e. The van der Waals surface area contributed by atoms with Crippen LogP contribution in [0.4, 0.5) is 0 Å². The Balaban J connectivity index is 2.11. The van der Waals surface area contributed by atoms with Crippen molar-refractivity contribution in [2.45, 2.75) is 33.2 Å². The Labute approximate surface area is 96.8 Å². The van der Waals surface area contributed by atoms with Crippen LogP contribution in [0.5, 0.6) is 0 Å². The highest BCUT2D eigenvalue weighted by atomic mass is 16.5. The summed E-state index contributed by atoms with van der Waals surface area (Å²) in [6.07, 6.45) is 1.21. The third-order valence-corrected chi connectivity index (χ3v) is 3.70. The summed E-state index contributed by atoms with van der Waals surface area (Å²) in [5, 5.41) is 4.02. The second kappa shape index (κ2) is 4.55. The van der Waals surface area contributed by atoms with Gasteiger partial charge in [0.15, 0.2) is 0 Å². The fourth-order valence-electron chi connectivity index (χ4n) is 2.68. The average Bonchev–Trinajstić information content (AvgIpc) is 2.85. The summed E-state index contributed by atoms with van der Waals surface area (Å²) >= 11 is 0. The lowest BCUT2D eigenvalue weighted by Crippen LogP contribution is -2.26. The van der Waals surface area contributed by atoms with Gasteiger partial charge in [0.25, 0.3) is 0 Å². The molecule has 1 aromatic rings. The highest BCUT2D eigenvalue weighted by molar-refractivity contribution is 5.24. The first-order chi connectivity index (χ1) is 7.63. The first-order valence-corrected chi connectivity index (χ1v) is 6.00. The van der Waals surface area contributed by atoms with Crippen molar-refractivity contribution in [3.05, 3.63) is 17.0 Å². The van der Waals surface area contributed by atoms with Gasteiger partial charge in [-0.05, 0) is 46.2 Å². The van der Waals surface area contributed by atoms with Gasteiger partial charge in [-0.2, -0.15) is 0 Å². The molecular formula is C12H21N3O. The lowest BCUT2D eigenvalue weighted by molar-refractivity contribution is 0.250. The third kappa shape index (κ3) is 1.99. The number of hydrogen-bond acceptors (Lipinski definition) is 4. The number of likely N-dealkylation sites (tertiary alicyclic amines) is 1. The first-order valence-electron chi connectivity index (χ1n) is 6.00. The van der Waals surface area contributed by atoms with Gasteiger partial charge in [0.1, 0.15) is 5.76 Å². The molecule has 1 aromatic heterocycles. The van der Waals surface area contributed by atoms with Crippen LogP contribution < -0.4 is 5.73 Å². The van der Waals surface area contributed by atoms with Crippen molar-refractivity contribution in [3.8, 4) is 0 Å². The van der Waals surface area contributed by atoms with Crippen LogP contribution in [0.1, 0.15) is 36.4 Å². The molecule has 4 heteroatoms. The maximum Gasteiger partial charge on any atom is 0.138 e. The van der Waals surface area contributed by atoms with Crippen LogP contribution >= 0.6 is 0 Å². The molecule has 4 nitrogen and oxygen atoms in total. The van der Waals surface area contributed by atoms with E-state index in [0.29, 0.717) is 12.0 Å². The molecule has 0 aromatic carbocycles. The van der Waals surface area contributed by atoms with E-state index in [2.05, 4.69) is 17.0 Å². The van der Waals surface area contributed by atoms with Crippen LogP contribution in [-0.2, 0) is 0 Å². The second-order valence-electron chi connectivity index (χ2n) is 4.80. The minimum absolute atomic E-state index is 0.391. The Morgan fingerprint density at radius 3 is 2.81 bits per heavy atom. The fourth-order valence-corrected chi connectivity index (χ4v) is 2.68. The van der Waals surface area contributed by atoms with E-state index in [0.717, 1.165) is 31.1 Å². The third-order valence-electron chi connectivity index (χ3n) is 3.70. The molecule has 0 radical (unpaired) electrons. The zero-order valence-corrected chi connectivity index (χ0v) is 10.4. The molecule has 2 N–H and O–H groups in total. The van der Waals surface area contributed by atoms with Gasteiger partial charge in [0.05, 0.1) is 5.69 Å². The van der Waals surface area contributed by atoms with E-state index in [9.17, 15) is 0 Å². The fraction of sp³-hybridized carbons (Fsp3) is 0.750. The average molecular weight is 223 g/mol. The van der Waals surface area contributed by atoms with Gasteiger partial charge in [0, 0.05) is 18.2 Å². The van der Waals surface area contributed by atoms with Crippen molar-refractivity contribution < 1.29 is 4.52 Å². The van der Waals surface area contributed by atoms with Gasteiger partial charge in [-0.1, -0.05) is 5.16 Å². The lowest BCUT2D eigenvalue weighted by Gasteiger charge is -2.24. The highest BCUT2D eigenvalue weighted by Crippen LogP contribution is 2.30. The molecule has 1 aliphatic heterocycles. The minimum atomic E-state index is 0.391. The van der Waals surface area contributed by atoms with Gasteiger partial charge in [-0.25, -0.2) is 0 Å². The molecular weight excluding hydrogens is 202 g/mol. The summed E-state index contributed by atoms with van der Waals surface area (Å²) in [5.74, 6) is 1.60. The molecule has 90 valence electrons. The predicted molar refractivity (Wildman–Crippen MR) is 63.1 cm³/mol. The number of hydrogen-bond donors (Lipinski definition) is 1. The molecule has 2 rings (SSSR count). The van der Waals surface area contributed by atoms with Crippen molar-refractivity contribution >= 4 is 0 Å². The number of rotatable bonds is 3. The maximum absolute atomic E-state index is 5.72. The molecule has 16 heavy (non-hydrogen) atoms. The van der Waals surface area contributed by atoms with Crippen molar-refractivity contribution in [1.82, 2.24) is 10.1 Å². The number of nitrogens with two attached hydrogens (primary N) is 1. The van der Waals surface area contributed by atoms with E-state index in [1.54, 1.807) is 0 Å². The zero-order valence-electron chi connectivity index (χ0n) is 10.4. The van der Waals surface area contributed by atoms with E-state index in [4.69, 9.17) is 10.3 Å².